The number of nitrogens with one attached hydrogen (secondary N) is 2. The molecule has 2 N–H and O–H groups in total. The van der Waals surface area contributed by atoms with E-state index >= 15 is 0 Å². The van der Waals surface area contributed by atoms with E-state index in [9.17, 15) is 9.59 Å². The topological polar surface area (TPSA) is 71.1 Å². The van der Waals surface area contributed by atoms with Gasteiger partial charge in [-0.2, -0.15) is 0 Å². The first-order valence-corrected chi connectivity index (χ1v) is 14.9. The van der Waals surface area contributed by atoms with Crippen molar-refractivity contribution in [3.05, 3.63) is 162 Å². The maximum Gasteiger partial charge on any atom is 0.276 e. The Labute approximate surface area is 251 Å². The zero-order valence-corrected chi connectivity index (χ0v) is 24.3. The number of halogens is 2. The van der Waals surface area contributed by atoms with Crippen molar-refractivity contribution in [2.75, 3.05) is 5.32 Å². The fourth-order valence-electron chi connectivity index (χ4n) is 4.42. The van der Waals surface area contributed by atoms with Crippen LogP contribution in [-0.2, 0) is 4.79 Å². The molecule has 5 nitrogen and oxygen atoms in total. The lowest BCUT2D eigenvalue weighted by Crippen LogP contribution is -2.35. The highest BCUT2D eigenvalue weighted by molar-refractivity contribution is 7.98. The molecule has 5 aromatic rings. The van der Waals surface area contributed by atoms with Gasteiger partial charge in [-0.25, -0.2) is 4.98 Å². The Hall–Kier alpha value is -4.28. The molecule has 4 aromatic carbocycles. The molecule has 1 heterocycles. The van der Waals surface area contributed by atoms with Crippen LogP contribution >= 0.6 is 31.3 Å². The van der Waals surface area contributed by atoms with E-state index in [1.807, 2.05) is 66.5 Å². The highest BCUT2D eigenvalue weighted by Gasteiger charge is 2.45. The van der Waals surface area contributed by atoms with E-state index in [-0.39, 0.29) is 18.1 Å². The van der Waals surface area contributed by atoms with Crippen LogP contribution in [0.2, 0.25) is 5.02 Å². The van der Waals surface area contributed by atoms with Gasteiger partial charge in [0.05, 0.1) is 5.02 Å². The molecule has 41 heavy (non-hydrogen) atoms. The van der Waals surface area contributed by atoms with Crippen LogP contribution in [-0.4, -0.2) is 16.8 Å². The van der Waals surface area contributed by atoms with E-state index < -0.39 is 19.1 Å². The lowest BCUT2D eigenvalue weighted by atomic mass is 10.2. The SMILES string of the molecule is Cl.O=C(Nc1ccc(Cl)cn1)/C(=C/[P+](c1ccccc1)(c1ccccc1)c1ccccc1)NC(=O)c1ccccc1. The summed E-state index contributed by atoms with van der Waals surface area (Å²) in [5, 5.41) is 9.31. The summed E-state index contributed by atoms with van der Waals surface area (Å²) in [7, 11) is -2.60. The van der Waals surface area contributed by atoms with Crippen LogP contribution in [0, 0.1) is 0 Å². The largest absolute Gasteiger partial charge is 0.315 e. The Balaban J connectivity index is 0.00000387. The van der Waals surface area contributed by atoms with Gasteiger partial charge < -0.3 is 10.6 Å². The number of amides is 2. The molecule has 5 rings (SSSR count). The molecule has 0 aliphatic rings. The molecule has 0 atom stereocenters. The van der Waals surface area contributed by atoms with Gasteiger partial charge in [0.1, 0.15) is 40.5 Å². The van der Waals surface area contributed by atoms with E-state index in [2.05, 4.69) is 52.0 Å². The number of benzene rings is 4. The average molecular weight is 599 g/mol. The van der Waals surface area contributed by atoms with Gasteiger partial charge in [-0.15, -0.1) is 12.4 Å². The average Bonchev–Trinajstić information content (AvgIpc) is 3.02. The van der Waals surface area contributed by atoms with E-state index in [0.717, 1.165) is 15.9 Å². The molecule has 0 aliphatic heterocycles. The molecule has 0 saturated heterocycles. The molecule has 0 fully saturated rings. The number of aromatic nitrogens is 1. The van der Waals surface area contributed by atoms with Gasteiger partial charge >= 0.3 is 0 Å². The summed E-state index contributed by atoms with van der Waals surface area (Å²) in [4.78, 5) is 31.5. The Kier molecular flexibility index (Phi) is 10.0. The van der Waals surface area contributed by atoms with Crippen LogP contribution in [0.1, 0.15) is 10.4 Å². The molecule has 0 saturated carbocycles. The van der Waals surface area contributed by atoms with Crippen molar-refractivity contribution >= 4 is 64.8 Å². The summed E-state index contributed by atoms with van der Waals surface area (Å²) in [6, 6.07) is 42.3. The molecule has 0 aliphatic carbocycles. The summed E-state index contributed by atoms with van der Waals surface area (Å²) in [5.41, 5.74) is 0.560. The lowest BCUT2D eigenvalue weighted by Gasteiger charge is -2.25. The van der Waals surface area contributed by atoms with Gasteiger partial charge in [0.25, 0.3) is 11.8 Å². The van der Waals surface area contributed by atoms with E-state index in [4.69, 9.17) is 11.6 Å². The lowest BCUT2D eigenvalue weighted by molar-refractivity contribution is -0.113. The van der Waals surface area contributed by atoms with Crippen molar-refractivity contribution in [2.24, 2.45) is 0 Å². The highest BCUT2D eigenvalue weighted by atomic mass is 35.5. The van der Waals surface area contributed by atoms with Gasteiger partial charge in [-0.05, 0) is 60.7 Å². The quantitative estimate of drug-likeness (QED) is 0.161. The van der Waals surface area contributed by atoms with E-state index in [1.165, 1.54) is 6.20 Å². The number of carbonyl (C=O) groups is 2. The minimum atomic E-state index is -2.60. The molecule has 0 unspecified atom stereocenters. The van der Waals surface area contributed by atoms with Gasteiger partial charge in [0.15, 0.2) is 0 Å². The first-order chi connectivity index (χ1) is 19.6. The first-order valence-electron chi connectivity index (χ1n) is 12.6. The third kappa shape index (κ3) is 6.90. The van der Waals surface area contributed by atoms with Crippen molar-refractivity contribution < 1.29 is 9.59 Å². The standard InChI is InChI=1S/C33H25ClN3O2P.ClH/c34-26-21-22-31(35-23-26)37-33(39)30(36-32(38)25-13-5-1-6-14-25)24-40(27-15-7-2-8-16-27,28-17-9-3-10-18-28)29-19-11-4-12-20-29;/h1-24H,(H-,35,36,37,38,39);1H/p+1/b30-24-;. The maximum atomic E-state index is 13.9. The van der Waals surface area contributed by atoms with Gasteiger partial charge in [-0.3, -0.25) is 9.59 Å². The molecular weight excluding hydrogens is 572 g/mol. The number of hydrogen-bond acceptors (Lipinski definition) is 3. The second-order valence-corrected chi connectivity index (χ2v) is 12.6. The van der Waals surface area contributed by atoms with Crippen LogP contribution in [0.25, 0.3) is 0 Å². The van der Waals surface area contributed by atoms with Crippen molar-refractivity contribution in [2.45, 2.75) is 0 Å². The third-order valence-electron chi connectivity index (χ3n) is 6.31. The predicted octanol–water partition coefficient (Wildman–Crippen LogP) is 6.36. The number of carbonyl (C=O) groups excluding carboxylic acids is 2. The van der Waals surface area contributed by atoms with E-state index in [0.29, 0.717) is 16.4 Å². The Morgan fingerprint density at radius 3 is 1.56 bits per heavy atom. The number of rotatable bonds is 8. The first kappa shape index (κ1) is 29.7. The van der Waals surface area contributed by atoms with Crippen LogP contribution < -0.4 is 26.5 Å². The number of anilines is 1. The highest BCUT2D eigenvalue weighted by Crippen LogP contribution is 2.57. The number of hydrogen-bond donors (Lipinski definition) is 2. The van der Waals surface area contributed by atoms with Crippen molar-refractivity contribution in [3.8, 4) is 0 Å². The monoisotopic (exact) mass is 598 g/mol. The summed E-state index contributed by atoms with van der Waals surface area (Å²) in [6.07, 6.45) is 1.46. The summed E-state index contributed by atoms with van der Waals surface area (Å²) in [5.74, 6) is 1.36. The fourth-order valence-corrected chi connectivity index (χ4v) is 8.37. The molecule has 2 amide bonds. The minimum absolute atomic E-state index is 0. The molecule has 204 valence electrons. The van der Waals surface area contributed by atoms with E-state index in [1.54, 1.807) is 36.4 Å². The molecular formula is C33H27Cl2N3O2P+. The van der Waals surface area contributed by atoms with Crippen LogP contribution in [0.5, 0.6) is 0 Å². The number of pyridine rings is 1. The van der Waals surface area contributed by atoms with Crippen molar-refractivity contribution in [1.29, 1.82) is 0 Å². The zero-order chi connectivity index (χ0) is 27.8. The molecule has 8 heteroatoms. The van der Waals surface area contributed by atoms with Crippen molar-refractivity contribution in [1.82, 2.24) is 10.3 Å². The second-order valence-electron chi connectivity index (χ2n) is 8.91. The Bertz CT molecular complexity index is 1520. The molecule has 0 radical (unpaired) electrons. The fraction of sp³-hybridized carbons (Fsp3) is 0. The van der Waals surface area contributed by atoms with Gasteiger partial charge in [0.2, 0.25) is 0 Å². The number of nitrogens with zero attached hydrogens (tertiary/aromatic N) is 1. The predicted molar refractivity (Wildman–Crippen MR) is 172 cm³/mol. The second kappa shape index (κ2) is 13.9. The Morgan fingerprint density at radius 2 is 1.12 bits per heavy atom. The minimum Gasteiger partial charge on any atom is -0.315 e. The van der Waals surface area contributed by atoms with Gasteiger partial charge in [0, 0.05) is 11.8 Å². The van der Waals surface area contributed by atoms with Crippen LogP contribution in [0.4, 0.5) is 5.82 Å². The normalized spacial score (nSPS) is 11.2. The third-order valence-corrected chi connectivity index (χ3v) is 10.5. The van der Waals surface area contributed by atoms with Crippen LogP contribution in [0.3, 0.4) is 0 Å². The zero-order valence-electron chi connectivity index (χ0n) is 21.9. The van der Waals surface area contributed by atoms with Crippen molar-refractivity contribution in [3.63, 3.8) is 0 Å². The van der Waals surface area contributed by atoms with Crippen LogP contribution in [0.15, 0.2) is 151 Å². The molecule has 0 spiro atoms. The summed E-state index contributed by atoms with van der Waals surface area (Å²) >= 11 is 6.00. The summed E-state index contributed by atoms with van der Waals surface area (Å²) < 4.78 is 0. The molecule has 1 aromatic heterocycles. The molecule has 0 bridgehead atoms. The smallest absolute Gasteiger partial charge is 0.276 e. The van der Waals surface area contributed by atoms with Gasteiger partial charge in [-0.1, -0.05) is 84.4 Å². The summed E-state index contributed by atoms with van der Waals surface area (Å²) in [6.45, 7) is 0. The Morgan fingerprint density at radius 1 is 0.659 bits per heavy atom. The maximum absolute atomic E-state index is 13.9.